The van der Waals surface area contributed by atoms with E-state index in [0.29, 0.717) is 25.3 Å². The topological polar surface area (TPSA) is 47.6 Å². The van der Waals surface area contributed by atoms with Crippen LogP contribution in [0, 0.1) is 5.82 Å². The first-order valence-corrected chi connectivity index (χ1v) is 7.57. The van der Waals surface area contributed by atoms with E-state index in [4.69, 9.17) is 9.47 Å². The number of hydrogen-bond donors (Lipinski definition) is 1. The summed E-state index contributed by atoms with van der Waals surface area (Å²) in [6, 6.07) is 11.5. The zero-order valence-corrected chi connectivity index (χ0v) is 12.8. The van der Waals surface area contributed by atoms with Crippen molar-refractivity contribution in [3.05, 3.63) is 53.8 Å². The van der Waals surface area contributed by atoms with Crippen LogP contribution in [-0.2, 0) is 4.79 Å². The molecule has 1 atom stereocenters. The van der Waals surface area contributed by atoms with Crippen molar-refractivity contribution in [2.24, 2.45) is 0 Å². The average molecular weight is 315 g/mol. The van der Waals surface area contributed by atoms with Gasteiger partial charge < -0.3 is 14.8 Å². The van der Waals surface area contributed by atoms with Gasteiger partial charge in [0.15, 0.2) is 11.5 Å². The molecule has 3 rings (SSSR count). The summed E-state index contributed by atoms with van der Waals surface area (Å²) in [6.45, 7) is 3.08. The number of carbonyl (C=O) groups is 1. The summed E-state index contributed by atoms with van der Waals surface area (Å²) in [7, 11) is 0. The summed E-state index contributed by atoms with van der Waals surface area (Å²) in [5.41, 5.74) is 1.61. The summed E-state index contributed by atoms with van der Waals surface area (Å²) in [6.07, 6.45) is 0.330. The molecular formula is C18H18FNO3. The highest BCUT2D eigenvalue weighted by Crippen LogP contribution is 2.33. The second kappa shape index (κ2) is 6.69. The molecule has 4 nitrogen and oxygen atoms in total. The number of benzene rings is 2. The second-order valence-corrected chi connectivity index (χ2v) is 5.56. The minimum Gasteiger partial charge on any atom is -0.486 e. The van der Waals surface area contributed by atoms with E-state index in [1.807, 2.05) is 25.1 Å². The zero-order valence-electron chi connectivity index (χ0n) is 12.8. The van der Waals surface area contributed by atoms with E-state index >= 15 is 0 Å². The van der Waals surface area contributed by atoms with Crippen LogP contribution < -0.4 is 14.8 Å². The summed E-state index contributed by atoms with van der Waals surface area (Å²) in [4.78, 5) is 12.1. The van der Waals surface area contributed by atoms with Gasteiger partial charge in [-0.15, -0.1) is 0 Å². The van der Waals surface area contributed by atoms with Crippen molar-refractivity contribution in [1.82, 2.24) is 0 Å². The zero-order chi connectivity index (χ0) is 16.2. The van der Waals surface area contributed by atoms with Gasteiger partial charge in [0.05, 0.1) is 0 Å². The Morgan fingerprint density at radius 2 is 1.83 bits per heavy atom. The third kappa shape index (κ3) is 3.80. The number of rotatable bonds is 4. The summed E-state index contributed by atoms with van der Waals surface area (Å²) >= 11 is 0. The molecule has 120 valence electrons. The molecule has 0 radical (unpaired) electrons. The predicted molar refractivity (Wildman–Crippen MR) is 85.5 cm³/mol. The maximum absolute atomic E-state index is 12.9. The van der Waals surface area contributed by atoms with Crippen LogP contribution >= 0.6 is 0 Å². The summed E-state index contributed by atoms with van der Waals surface area (Å²) < 4.78 is 23.9. The summed E-state index contributed by atoms with van der Waals surface area (Å²) in [5.74, 6) is 1.06. The molecule has 1 amide bonds. The molecule has 0 bridgehead atoms. The normalized spacial score (nSPS) is 14.2. The molecule has 5 heteroatoms. The standard InChI is InChI=1S/C18H18FNO3/c1-12(10-18(21)20-15-5-3-14(19)4-6-15)13-2-7-16-17(11-13)23-9-8-22-16/h2-7,11-12H,8-10H2,1H3,(H,20,21). The van der Waals surface area contributed by atoms with Gasteiger partial charge in [0, 0.05) is 12.1 Å². The van der Waals surface area contributed by atoms with E-state index in [2.05, 4.69) is 5.32 Å². The fourth-order valence-electron chi connectivity index (χ4n) is 2.51. The minimum atomic E-state index is -0.326. The molecule has 0 spiro atoms. The van der Waals surface area contributed by atoms with Crippen molar-refractivity contribution >= 4 is 11.6 Å². The number of amides is 1. The first kappa shape index (κ1) is 15.3. The maximum Gasteiger partial charge on any atom is 0.224 e. The van der Waals surface area contributed by atoms with Crippen molar-refractivity contribution in [3.8, 4) is 11.5 Å². The highest BCUT2D eigenvalue weighted by Gasteiger charge is 2.16. The van der Waals surface area contributed by atoms with Crippen molar-refractivity contribution in [3.63, 3.8) is 0 Å². The van der Waals surface area contributed by atoms with Crippen molar-refractivity contribution in [2.45, 2.75) is 19.3 Å². The number of halogens is 1. The van der Waals surface area contributed by atoms with Gasteiger partial charge in [-0.3, -0.25) is 4.79 Å². The first-order valence-electron chi connectivity index (χ1n) is 7.57. The lowest BCUT2D eigenvalue weighted by atomic mass is 9.97. The van der Waals surface area contributed by atoms with Gasteiger partial charge in [-0.2, -0.15) is 0 Å². The van der Waals surface area contributed by atoms with E-state index in [-0.39, 0.29) is 17.6 Å². The van der Waals surface area contributed by atoms with Gasteiger partial charge in [0.25, 0.3) is 0 Å². The SMILES string of the molecule is CC(CC(=O)Nc1ccc(F)cc1)c1ccc2c(c1)OCCO2. The van der Waals surface area contributed by atoms with E-state index in [9.17, 15) is 9.18 Å². The third-order valence-electron chi connectivity index (χ3n) is 3.75. The molecule has 0 fully saturated rings. The smallest absolute Gasteiger partial charge is 0.224 e. The Hall–Kier alpha value is -2.56. The van der Waals surface area contributed by atoms with Gasteiger partial charge in [-0.1, -0.05) is 13.0 Å². The third-order valence-corrected chi connectivity index (χ3v) is 3.75. The Balaban J connectivity index is 1.63. The van der Waals surface area contributed by atoms with Crippen LogP contribution in [0.1, 0.15) is 24.8 Å². The number of anilines is 1. The average Bonchev–Trinajstić information content (AvgIpc) is 2.56. The number of nitrogens with one attached hydrogen (secondary N) is 1. The maximum atomic E-state index is 12.9. The molecule has 1 unspecified atom stereocenters. The largest absolute Gasteiger partial charge is 0.486 e. The molecular weight excluding hydrogens is 297 g/mol. The van der Waals surface area contributed by atoms with Crippen LogP contribution in [0.2, 0.25) is 0 Å². The van der Waals surface area contributed by atoms with Gasteiger partial charge in [-0.25, -0.2) is 4.39 Å². The van der Waals surface area contributed by atoms with Gasteiger partial charge >= 0.3 is 0 Å². The molecule has 0 saturated heterocycles. The van der Waals surface area contributed by atoms with Crippen LogP contribution in [0.3, 0.4) is 0 Å². The van der Waals surface area contributed by atoms with Crippen molar-refractivity contribution in [2.75, 3.05) is 18.5 Å². The van der Waals surface area contributed by atoms with E-state index in [1.165, 1.54) is 12.1 Å². The molecule has 0 aromatic heterocycles. The van der Waals surface area contributed by atoms with Gasteiger partial charge in [-0.05, 0) is 47.9 Å². The van der Waals surface area contributed by atoms with Crippen LogP contribution in [0.4, 0.5) is 10.1 Å². The fourth-order valence-corrected chi connectivity index (χ4v) is 2.51. The number of hydrogen-bond acceptors (Lipinski definition) is 3. The van der Waals surface area contributed by atoms with E-state index in [0.717, 1.165) is 17.1 Å². The quantitative estimate of drug-likeness (QED) is 0.935. The van der Waals surface area contributed by atoms with Gasteiger partial charge in [0.1, 0.15) is 19.0 Å². The summed E-state index contributed by atoms with van der Waals surface area (Å²) in [5, 5.41) is 2.77. The lowest BCUT2D eigenvalue weighted by Gasteiger charge is -2.20. The van der Waals surface area contributed by atoms with Crippen LogP contribution in [0.15, 0.2) is 42.5 Å². The second-order valence-electron chi connectivity index (χ2n) is 5.56. The fraction of sp³-hybridized carbons (Fsp3) is 0.278. The molecule has 1 aliphatic rings. The molecule has 0 saturated carbocycles. The Bertz CT molecular complexity index is 700. The molecule has 0 aliphatic carbocycles. The Kier molecular flexibility index (Phi) is 4.46. The minimum absolute atomic E-state index is 0.0336. The van der Waals surface area contributed by atoms with Gasteiger partial charge in [0.2, 0.25) is 5.91 Å². The van der Waals surface area contributed by atoms with Crippen LogP contribution in [0.25, 0.3) is 0 Å². The Labute approximate surface area is 134 Å². The number of carbonyl (C=O) groups excluding carboxylic acids is 1. The molecule has 1 N–H and O–H groups in total. The van der Waals surface area contributed by atoms with E-state index < -0.39 is 0 Å². The highest BCUT2D eigenvalue weighted by molar-refractivity contribution is 5.91. The van der Waals surface area contributed by atoms with Crippen molar-refractivity contribution < 1.29 is 18.7 Å². The lowest BCUT2D eigenvalue weighted by Crippen LogP contribution is -2.16. The van der Waals surface area contributed by atoms with Crippen LogP contribution in [0.5, 0.6) is 11.5 Å². The van der Waals surface area contributed by atoms with Crippen molar-refractivity contribution in [1.29, 1.82) is 0 Å². The predicted octanol–water partition coefficient (Wildman–Crippen LogP) is 3.73. The van der Waals surface area contributed by atoms with E-state index in [1.54, 1.807) is 12.1 Å². The molecule has 2 aromatic carbocycles. The Morgan fingerprint density at radius 3 is 2.57 bits per heavy atom. The first-order chi connectivity index (χ1) is 11.1. The number of ether oxygens (including phenoxy) is 2. The molecule has 2 aromatic rings. The molecule has 23 heavy (non-hydrogen) atoms. The molecule has 1 heterocycles. The number of fused-ring (bicyclic) bond motifs is 1. The van der Waals surface area contributed by atoms with Crippen LogP contribution in [-0.4, -0.2) is 19.1 Å². The molecule has 1 aliphatic heterocycles. The highest BCUT2D eigenvalue weighted by atomic mass is 19.1. The Morgan fingerprint density at radius 1 is 1.13 bits per heavy atom. The lowest BCUT2D eigenvalue weighted by molar-refractivity contribution is -0.116. The monoisotopic (exact) mass is 315 g/mol.